The minimum atomic E-state index is -0.966. The molecule has 1 aliphatic rings. The van der Waals surface area contributed by atoms with E-state index in [-0.39, 0.29) is 24.4 Å². The second kappa shape index (κ2) is 4.97. The summed E-state index contributed by atoms with van der Waals surface area (Å²) in [5, 5.41) is 9.62. The molecule has 88 valence electrons. The minimum absolute atomic E-state index is 0. The zero-order valence-electron chi connectivity index (χ0n) is 9.13. The summed E-state index contributed by atoms with van der Waals surface area (Å²) in [6.07, 6.45) is 4.26. The molecule has 2 aromatic rings. The summed E-state index contributed by atoms with van der Waals surface area (Å²) in [6, 6.07) is 3.50. The van der Waals surface area contributed by atoms with Crippen molar-refractivity contribution in [2.75, 3.05) is 18.0 Å². The number of hydrogen-bond acceptors (Lipinski definition) is 4. The fourth-order valence-electron chi connectivity index (χ4n) is 1.85. The van der Waals surface area contributed by atoms with Gasteiger partial charge in [-0.05, 0) is 12.5 Å². The van der Waals surface area contributed by atoms with E-state index < -0.39 is 5.97 Å². The number of aromatic nitrogens is 2. The van der Waals surface area contributed by atoms with Gasteiger partial charge >= 0.3 is 24.8 Å². The van der Waals surface area contributed by atoms with Crippen LogP contribution < -0.4 is 4.90 Å². The Labute approximate surface area is 116 Å². The quantitative estimate of drug-likeness (QED) is 0.786. The second-order valence-corrected chi connectivity index (χ2v) is 4.10. The molecule has 0 spiro atoms. The Balaban J connectivity index is 0.00000120. The van der Waals surface area contributed by atoms with Gasteiger partial charge in [0, 0.05) is 36.9 Å². The SMILES string of the molecule is O=C(O)c1cnc2cc(N3CCC3)ncc2c1.[LiH]. The molecule has 1 N–H and O–H groups in total. The third kappa shape index (κ3) is 2.19. The molecule has 6 heteroatoms. The van der Waals surface area contributed by atoms with Gasteiger partial charge in [-0.15, -0.1) is 0 Å². The van der Waals surface area contributed by atoms with E-state index >= 15 is 0 Å². The Kier molecular flexibility index (Phi) is 3.55. The van der Waals surface area contributed by atoms with Gasteiger partial charge in [0.15, 0.2) is 0 Å². The number of hydrogen-bond donors (Lipinski definition) is 1. The van der Waals surface area contributed by atoms with E-state index in [4.69, 9.17) is 5.11 Å². The van der Waals surface area contributed by atoms with Crippen molar-refractivity contribution in [2.24, 2.45) is 0 Å². The average molecular weight is 237 g/mol. The van der Waals surface area contributed by atoms with Crippen LogP contribution in [0.4, 0.5) is 5.82 Å². The van der Waals surface area contributed by atoms with Crippen LogP contribution in [0.3, 0.4) is 0 Å². The Hall–Kier alpha value is -1.57. The first-order valence-electron chi connectivity index (χ1n) is 5.48. The Bertz CT molecular complexity index is 599. The fraction of sp³-hybridized carbons (Fsp3) is 0.250. The van der Waals surface area contributed by atoms with Crippen molar-refractivity contribution in [2.45, 2.75) is 6.42 Å². The number of aromatic carboxylic acids is 1. The predicted octanol–water partition coefficient (Wildman–Crippen LogP) is 0.890. The zero-order chi connectivity index (χ0) is 11.8. The van der Waals surface area contributed by atoms with E-state index in [2.05, 4.69) is 14.9 Å². The van der Waals surface area contributed by atoms with E-state index in [0.29, 0.717) is 0 Å². The molecule has 0 amide bonds. The fourth-order valence-corrected chi connectivity index (χ4v) is 1.85. The molecule has 3 heterocycles. The van der Waals surface area contributed by atoms with Crippen LogP contribution in [0.2, 0.25) is 0 Å². The molecule has 1 saturated heterocycles. The third-order valence-corrected chi connectivity index (χ3v) is 2.98. The van der Waals surface area contributed by atoms with Gasteiger partial charge in [0.1, 0.15) is 5.82 Å². The summed E-state index contributed by atoms with van der Waals surface area (Å²) < 4.78 is 0. The maximum absolute atomic E-state index is 10.8. The van der Waals surface area contributed by atoms with Crippen LogP contribution in [0.25, 0.3) is 10.9 Å². The summed E-state index contributed by atoms with van der Waals surface area (Å²) in [5.74, 6) is -0.0504. The monoisotopic (exact) mass is 237 g/mol. The van der Waals surface area contributed by atoms with Crippen LogP contribution in [0.15, 0.2) is 24.5 Å². The Morgan fingerprint density at radius 1 is 1.22 bits per heavy atom. The van der Waals surface area contributed by atoms with Crippen LogP contribution in [0, 0.1) is 0 Å². The van der Waals surface area contributed by atoms with Gasteiger partial charge in [-0.25, -0.2) is 9.78 Å². The summed E-state index contributed by atoms with van der Waals surface area (Å²) >= 11 is 0. The van der Waals surface area contributed by atoms with Crippen molar-refractivity contribution in [3.63, 3.8) is 0 Å². The molecular formula is C12H12LiN3O2. The van der Waals surface area contributed by atoms with Crippen molar-refractivity contribution in [3.05, 3.63) is 30.1 Å². The topological polar surface area (TPSA) is 66.3 Å². The molecule has 18 heavy (non-hydrogen) atoms. The summed E-state index contributed by atoms with van der Waals surface area (Å²) in [7, 11) is 0. The number of carbonyl (C=O) groups is 1. The van der Waals surface area contributed by atoms with Crippen molar-refractivity contribution in [1.82, 2.24) is 9.97 Å². The molecule has 5 nitrogen and oxygen atoms in total. The van der Waals surface area contributed by atoms with Crippen molar-refractivity contribution in [3.8, 4) is 0 Å². The number of nitrogens with zero attached hydrogens (tertiary/aromatic N) is 3. The van der Waals surface area contributed by atoms with Gasteiger partial charge in [0.05, 0.1) is 11.1 Å². The van der Waals surface area contributed by atoms with Gasteiger partial charge in [-0.2, -0.15) is 0 Å². The van der Waals surface area contributed by atoms with E-state index in [1.807, 2.05) is 6.07 Å². The van der Waals surface area contributed by atoms with Gasteiger partial charge in [0.25, 0.3) is 0 Å². The van der Waals surface area contributed by atoms with E-state index in [1.165, 1.54) is 12.6 Å². The third-order valence-electron chi connectivity index (χ3n) is 2.98. The maximum atomic E-state index is 10.8. The zero-order valence-corrected chi connectivity index (χ0v) is 9.13. The molecule has 0 bridgehead atoms. The summed E-state index contributed by atoms with van der Waals surface area (Å²) in [5.41, 5.74) is 0.975. The number of carboxylic acids is 1. The number of pyridine rings is 2. The van der Waals surface area contributed by atoms with Gasteiger partial charge in [-0.1, -0.05) is 0 Å². The molecule has 2 aromatic heterocycles. The molecule has 0 atom stereocenters. The van der Waals surface area contributed by atoms with Crippen LogP contribution >= 0.6 is 0 Å². The van der Waals surface area contributed by atoms with Crippen LogP contribution in [0.1, 0.15) is 16.8 Å². The second-order valence-electron chi connectivity index (χ2n) is 4.10. The first-order chi connectivity index (χ1) is 8.24. The summed E-state index contributed by atoms with van der Waals surface area (Å²) in [4.78, 5) is 21.5. The van der Waals surface area contributed by atoms with E-state index in [1.54, 1.807) is 12.3 Å². The number of carboxylic acid groups (broad SMARTS) is 1. The standard InChI is InChI=1S/C12H11N3O2.Li.H/c16-12(17)9-4-8-6-14-11(15-2-1-3-15)5-10(8)13-7-9;;/h4-7H,1-3H2,(H,16,17);;. The van der Waals surface area contributed by atoms with Gasteiger partial charge in [-0.3, -0.25) is 4.98 Å². The van der Waals surface area contributed by atoms with Crippen LogP contribution in [-0.2, 0) is 0 Å². The van der Waals surface area contributed by atoms with E-state index in [9.17, 15) is 4.79 Å². The molecule has 0 saturated carbocycles. The van der Waals surface area contributed by atoms with Gasteiger partial charge < -0.3 is 10.0 Å². The molecule has 1 aliphatic heterocycles. The molecule has 0 unspecified atom stereocenters. The van der Waals surface area contributed by atoms with Crippen LogP contribution in [-0.4, -0.2) is 53.0 Å². The predicted molar refractivity (Wildman–Crippen MR) is 70.5 cm³/mol. The van der Waals surface area contributed by atoms with Crippen molar-refractivity contribution < 1.29 is 9.90 Å². The number of rotatable bonds is 2. The number of fused-ring (bicyclic) bond motifs is 1. The molecule has 3 rings (SSSR count). The van der Waals surface area contributed by atoms with Crippen LogP contribution in [0.5, 0.6) is 0 Å². The molecule has 0 aromatic carbocycles. The summed E-state index contributed by atoms with van der Waals surface area (Å²) in [6.45, 7) is 2.07. The first kappa shape index (κ1) is 12.9. The Morgan fingerprint density at radius 3 is 2.61 bits per heavy atom. The molecule has 0 radical (unpaired) electrons. The average Bonchev–Trinajstić information content (AvgIpc) is 2.26. The normalized spacial score (nSPS) is 13.9. The Morgan fingerprint density at radius 2 is 2.00 bits per heavy atom. The molecule has 0 aliphatic carbocycles. The molecular weight excluding hydrogens is 225 g/mol. The first-order valence-corrected chi connectivity index (χ1v) is 5.48. The van der Waals surface area contributed by atoms with Crippen molar-refractivity contribution >= 4 is 41.6 Å². The number of anilines is 1. The van der Waals surface area contributed by atoms with Crippen molar-refractivity contribution in [1.29, 1.82) is 0 Å². The van der Waals surface area contributed by atoms with Gasteiger partial charge in [0.2, 0.25) is 0 Å². The van der Waals surface area contributed by atoms with E-state index in [0.717, 1.165) is 29.8 Å². The molecule has 1 fully saturated rings.